The third kappa shape index (κ3) is 6.99. The van der Waals surface area contributed by atoms with E-state index in [1.807, 2.05) is 36.4 Å². The highest BCUT2D eigenvalue weighted by Crippen LogP contribution is 2.33. The molecule has 2 aromatic rings. The second-order valence-electron chi connectivity index (χ2n) is 8.27. The van der Waals surface area contributed by atoms with Crippen LogP contribution in [0.25, 0.3) is 11.1 Å². The molecule has 28 heavy (non-hydrogen) atoms. The number of rotatable bonds is 11. The summed E-state index contributed by atoms with van der Waals surface area (Å²) >= 11 is 0. The van der Waals surface area contributed by atoms with Crippen LogP contribution in [0.1, 0.15) is 53.4 Å². The zero-order valence-electron chi connectivity index (χ0n) is 17.8. The van der Waals surface area contributed by atoms with E-state index in [4.69, 9.17) is 20.9 Å². The van der Waals surface area contributed by atoms with Crippen LogP contribution in [-0.2, 0) is 0 Å². The van der Waals surface area contributed by atoms with Crippen LogP contribution >= 0.6 is 0 Å². The summed E-state index contributed by atoms with van der Waals surface area (Å²) in [5, 5.41) is 0. The first-order valence-electron chi connectivity index (χ1n) is 10.4. The minimum absolute atomic E-state index is 0.661. The van der Waals surface area contributed by atoms with Gasteiger partial charge in [0.15, 0.2) is 0 Å². The lowest BCUT2D eigenvalue weighted by Gasteiger charge is -2.14. The van der Waals surface area contributed by atoms with Crippen LogP contribution in [-0.4, -0.2) is 13.2 Å². The van der Waals surface area contributed by atoms with Gasteiger partial charge in [0, 0.05) is 0 Å². The van der Waals surface area contributed by atoms with Crippen LogP contribution in [0, 0.1) is 11.8 Å². The van der Waals surface area contributed by atoms with E-state index in [1.165, 1.54) is 0 Å². The average Bonchev–Trinajstić information content (AvgIpc) is 2.64. The molecule has 4 N–H and O–H groups in total. The van der Waals surface area contributed by atoms with Gasteiger partial charge in [-0.3, -0.25) is 0 Å². The normalized spacial score (nSPS) is 11.2. The van der Waals surface area contributed by atoms with Crippen molar-refractivity contribution in [2.45, 2.75) is 53.4 Å². The molecule has 0 atom stereocenters. The number of nitrogens with two attached hydrogens (primary N) is 2. The monoisotopic (exact) mass is 384 g/mol. The quantitative estimate of drug-likeness (QED) is 0.360. The molecule has 2 aromatic carbocycles. The van der Waals surface area contributed by atoms with E-state index < -0.39 is 0 Å². The van der Waals surface area contributed by atoms with Gasteiger partial charge in [0.05, 0.1) is 24.6 Å². The van der Waals surface area contributed by atoms with Gasteiger partial charge in [-0.2, -0.15) is 0 Å². The summed E-state index contributed by atoms with van der Waals surface area (Å²) in [5.74, 6) is 2.83. The number of ether oxygens (including phenoxy) is 2. The second kappa shape index (κ2) is 10.8. The summed E-state index contributed by atoms with van der Waals surface area (Å²) in [6, 6.07) is 11.8. The fraction of sp³-hybridized carbons (Fsp3) is 0.500. The maximum atomic E-state index is 6.10. The fourth-order valence-electron chi connectivity index (χ4n) is 3.03. The van der Waals surface area contributed by atoms with E-state index in [1.54, 1.807) is 0 Å². The predicted octanol–water partition coefficient (Wildman–Crippen LogP) is 6.15. The Morgan fingerprint density at radius 3 is 1.43 bits per heavy atom. The van der Waals surface area contributed by atoms with Gasteiger partial charge in [-0.1, -0.05) is 39.8 Å². The minimum atomic E-state index is 0.661. The highest BCUT2D eigenvalue weighted by atomic mass is 16.5. The molecule has 0 fully saturated rings. The van der Waals surface area contributed by atoms with E-state index in [-0.39, 0.29) is 0 Å². The maximum Gasteiger partial charge on any atom is 0.142 e. The molecule has 0 saturated heterocycles. The van der Waals surface area contributed by atoms with E-state index in [0.29, 0.717) is 36.4 Å². The summed E-state index contributed by atoms with van der Waals surface area (Å²) in [5.41, 5.74) is 15.6. The van der Waals surface area contributed by atoms with Gasteiger partial charge in [0.2, 0.25) is 0 Å². The first-order valence-corrected chi connectivity index (χ1v) is 10.4. The molecular weight excluding hydrogens is 348 g/mol. The lowest BCUT2D eigenvalue weighted by atomic mass is 10.0. The van der Waals surface area contributed by atoms with E-state index in [0.717, 1.165) is 48.3 Å². The number of hydrogen-bond donors (Lipinski definition) is 2. The molecule has 0 unspecified atom stereocenters. The van der Waals surface area contributed by atoms with E-state index in [2.05, 4.69) is 27.7 Å². The van der Waals surface area contributed by atoms with Crippen LogP contribution in [0.2, 0.25) is 0 Å². The van der Waals surface area contributed by atoms with Crippen LogP contribution in [0.5, 0.6) is 11.5 Å². The Bertz CT molecular complexity index is 678. The molecule has 0 radical (unpaired) electrons. The van der Waals surface area contributed by atoms with Gasteiger partial charge >= 0.3 is 0 Å². The molecule has 0 spiro atoms. The Kier molecular flexibility index (Phi) is 8.49. The minimum Gasteiger partial charge on any atom is -0.491 e. The van der Waals surface area contributed by atoms with Gasteiger partial charge in [0.1, 0.15) is 11.5 Å². The highest BCUT2D eigenvalue weighted by molar-refractivity contribution is 5.73. The number of benzene rings is 2. The first kappa shape index (κ1) is 21.9. The van der Waals surface area contributed by atoms with Gasteiger partial charge in [-0.05, 0) is 72.9 Å². The van der Waals surface area contributed by atoms with Gasteiger partial charge in [-0.25, -0.2) is 0 Å². The molecule has 0 aliphatic rings. The van der Waals surface area contributed by atoms with Gasteiger partial charge in [0.25, 0.3) is 0 Å². The van der Waals surface area contributed by atoms with Crippen molar-refractivity contribution in [3.05, 3.63) is 36.4 Å². The van der Waals surface area contributed by atoms with Gasteiger partial charge in [-0.15, -0.1) is 0 Å². The Morgan fingerprint density at radius 2 is 1.07 bits per heavy atom. The molecule has 0 amide bonds. The number of anilines is 2. The fourth-order valence-corrected chi connectivity index (χ4v) is 3.03. The molecule has 0 aliphatic carbocycles. The SMILES string of the molecule is CC(C)CCCOc1cc(-c2ccc(N)c(OCCCC(C)C)c2)ccc1N. The first-order chi connectivity index (χ1) is 13.4. The summed E-state index contributed by atoms with van der Waals surface area (Å²) in [6.07, 6.45) is 4.35. The van der Waals surface area contributed by atoms with Crippen LogP contribution < -0.4 is 20.9 Å². The number of hydrogen-bond acceptors (Lipinski definition) is 4. The van der Waals surface area contributed by atoms with Gasteiger partial charge < -0.3 is 20.9 Å². The van der Waals surface area contributed by atoms with Crippen molar-refractivity contribution >= 4 is 11.4 Å². The van der Waals surface area contributed by atoms with E-state index in [9.17, 15) is 0 Å². The molecule has 0 aliphatic heterocycles. The highest BCUT2D eigenvalue weighted by Gasteiger charge is 2.08. The van der Waals surface area contributed by atoms with Crippen LogP contribution in [0.3, 0.4) is 0 Å². The molecule has 0 aromatic heterocycles. The molecule has 4 nitrogen and oxygen atoms in total. The molecule has 4 heteroatoms. The third-order valence-corrected chi connectivity index (χ3v) is 4.73. The van der Waals surface area contributed by atoms with Crippen molar-refractivity contribution in [3.8, 4) is 22.6 Å². The number of nitrogen functional groups attached to an aromatic ring is 2. The van der Waals surface area contributed by atoms with Crippen molar-refractivity contribution in [2.24, 2.45) is 11.8 Å². The Morgan fingerprint density at radius 1 is 0.679 bits per heavy atom. The molecule has 0 heterocycles. The maximum absolute atomic E-state index is 6.10. The molecule has 2 rings (SSSR count). The summed E-state index contributed by atoms with van der Waals surface area (Å²) in [6.45, 7) is 10.2. The molecule has 154 valence electrons. The zero-order chi connectivity index (χ0) is 20.5. The smallest absolute Gasteiger partial charge is 0.142 e. The van der Waals surface area contributed by atoms with Crippen LogP contribution in [0.15, 0.2) is 36.4 Å². The zero-order valence-corrected chi connectivity index (χ0v) is 17.8. The average molecular weight is 385 g/mol. The summed E-state index contributed by atoms with van der Waals surface area (Å²) in [7, 11) is 0. The third-order valence-electron chi connectivity index (χ3n) is 4.73. The Labute approximate surface area is 170 Å². The molecule has 0 bridgehead atoms. The lowest BCUT2D eigenvalue weighted by molar-refractivity contribution is 0.299. The largest absolute Gasteiger partial charge is 0.491 e. The molecule has 0 saturated carbocycles. The predicted molar refractivity (Wildman–Crippen MR) is 120 cm³/mol. The van der Waals surface area contributed by atoms with Crippen LogP contribution in [0.4, 0.5) is 11.4 Å². The molecular formula is C24H36N2O2. The van der Waals surface area contributed by atoms with Crippen molar-refractivity contribution < 1.29 is 9.47 Å². The van der Waals surface area contributed by atoms with Crippen molar-refractivity contribution in [2.75, 3.05) is 24.7 Å². The standard InChI is InChI=1S/C24H36N2O2/c1-17(2)7-5-13-27-23-15-19(9-11-21(23)25)20-10-12-22(26)24(16-20)28-14-6-8-18(3)4/h9-12,15-18H,5-8,13-14,25-26H2,1-4H3. The van der Waals surface area contributed by atoms with Crippen molar-refractivity contribution in [3.63, 3.8) is 0 Å². The van der Waals surface area contributed by atoms with Crippen molar-refractivity contribution in [1.82, 2.24) is 0 Å². The van der Waals surface area contributed by atoms with E-state index >= 15 is 0 Å². The second-order valence-corrected chi connectivity index (χ2v) is 8.27. The summed E-state index contributed by atoms with van der Waals surface area (Å²) < 4.78 is 11.8. The summed E-state index contributed by atoms with van der Waals surface area (Å²) in [4.78, 5) is 0. The topological polar surface area (TPSA) is 70.5 Å². The lowest BCUT2D eigenvalue weighted by Crippen LogP contribution is -2.03. The van der Waals surface area contributed by atoms with Crippen molar-refractivity contribution in [1.29, 1.82) is 0 Å². The Hall–Kier alpha value is -2.36. The Balaban J connectivity index is 2.07.